The molecule has 1 heterocycles. The van der Waals surface area contributed by atoms with Crippen molar-refractivity contribution in [1.82, 2.24) is 9.78 Å². The van der Waals surface area contributed by atoms with Gasteiger partial charge in [-0.05, 0) is 40.1 Å². The monoisotopic (exact) mass is 301 g/mol. The van der Waals surface area contributed by atoms with E-state index in [2.05, 4.69) is 55.6 Å². The minimum Gasteiger partial charge on any atom is -0.383 e. The van der Waals surface area contributed by atoms with Gasteiger partial charge < -0.3 is 5.73 Å². The van der Waals surface area contributed by atoms with Crippen LogP contribution in [0.4, 0.5) is 5.82 Å². The van der Waals surface area contributed by atoms with Gasteiger partial charge in [-0.15, -0.1) is 0 Å². The van der Waals surface area contributed by atoms with Gasteiger partial charge in [0.25, 0.3) is 0 Å². The lowest BCUT2D eigenvalue weighted by Gasteiger charge is -2.16. The van der Waals surface area contributed by atoms with Gasteiger partial charge in [0.1, 0.15) is 5.82 Å². The smallest absolute Gasteiger partial charge is 0.136 e. The Balaban J connectivity index is 2.84. The summed E-state index contributed by atoms with van der Waals surface area (Å²) in [5.41, 5.74) is 7.36. The Morgan fingerprint density at radius 3 is 2.41 bits per heavy atom. The fourth-order valence-corrected chi connectivity index (χ4v) is 2.10. The maximum atomic E-state index is 6.06. The molecule has 0 saturated heterocycles. The van der Waals surface area contributed by atoms with Gasteiger partial charge >= 0.3 is 0 Å². The summed E-state index contributed by atoms with van der Waals surface area (Å²) in [6, 6.07) is 0. The van der Waals surface area contributed by atoms with Crippen LogP contribution in [0, 0.1) is 11.3 Å². The van der Waals surface area contributed by atoms with Crippen LogP contribution in [0.5, 0.6) is 0 Å². The highest BCUT2D eigenvalue weighted by Crippen LogP contribution is 2.29. The first-order chi connectivity index (χ1) is 7.70. The largest absolute Gasteiger partial charge is 0.383 e. The molecule has 0 saturated carbocycles. The molecule has 1 aromatic rings. The normalized spacial score (nSPS) is 12.4. The van der Waals surface area contributed by atoms with Crippen LogP contribution in [-0.2, 0) is 13.0 Å². The van der Waals surface area contributed by atoms with Gasteiger partial charge in [0.05, 0.1) is 10.2 Å². The fourth-order valence-electron chi connectivity index (χ4n) is 1.67. The van der Waals surface area contributed by atoms with Crippen LogP contribution in [0.2, 0.25) is 0 Å². The number of nitrogen functional groups attached to an aromatic ring is 1. The second-order valence-corrected chi connectivity index (χ2v) is 7.08. The van der Waals surface area contributed by atoms with E-state index >= 15 is 0 Å². The molecule has 4 heteroatoms. The Labute approximate surface area is 113 Å². The maximum Gasteiger partial charge on any atom is 0.136 e. The molecule has 0 unspecified atom stereocenters. The molecule has 0 fully saturated rings. The van der Waals surface area contributed by atoms with Crippen molar-refractivity contribution in [1.29, 1.82) is 0 Å². The summed E-state index contributed by atoms with van der Waals surface area (Å²) < 4.78 is 2.89. The molecule has 98 valence electrons. The van der Waals surface area contributed by atoms with Crippen molar-refractivity contribution in [3.63, 3.8) is 0 Å². The molecule has 17 heavy (non-hydrogen) atoms. The number of rotatable bonds is 4. The number of nitrogens with two attached hydrogens (primary N) is 1. The summed E-state index contributed by atoms with van der Waals surface area (Å²) in [5.74, 6) is 1.42. The fraction of sp³-hybridized carbons (Fsp3) is 0.769. The van der Waals surface area contributed by atoms with Gasteiger partial charge in [-0.3, -0.25) is 0 Å². The van der Waals surface area contributed by atoms with Gasteiger partial charge in [-0.2, -0.15) is 5.10 Å². The van der Waals surface area contributed by atoms with Crippen LogP contribution in [0.3, 0.4) is 0 Å². The third-order valence-electron chi connectivity index (χ3n) is 2.61. The summed E-state index contributed by atoms with van der Waals surface area (Å²) in [6.07, 6.45) is 2.04. The van der Waals surface area contributed by atoms with Gasteiger partial charge in [0.15, 0.2) is 0 Å². The Morgan fingerprint density at radius 1 is 1.35 bits per heavy atom. The molecule has 0 aliphatic rings. The molecule has 0 spiro atoms. The van der Waals surface area contributed by atoms with Crippen molar-refractivity contribution < 1.29 is 0 Å². The molecule has 0 amide bonds. The third-order valence-corrected chi connectivity index (χ3v) is 3.48. The zero-order chi connectivity index (χ0) is 13.2. The van der Waals surface area contributed by atoms with Crippen LogP contribution in [0.1, 0.15) is 46.7 Å². The topological polar surface area (TPSA) is 43.8 Å². The molecule has 0 aromatic carbocycles. The third kappa shape index (κ3) is 4.34. The first-order valence-electron chi connectivity index (χ1n) is 6.21. The lowest BCUT2D eigenvalue weighted by molar-refractivity contribution is 0.400. The number of anilines is 1. The Morgan fingerprint density at radius 2 is 1.94 bits per heavy atom. The van der Waals surface area contributed by atoms with E-state index in [1.165, 1.54) is 0 Å². The van der Waals surface area contributed by atoms with E-state index in [9.17, 15) is 0 Å². The summed E-state index contributed by atoms with van der Waals surface area (Å²) >= 11 is 3.55. The first-order valence-corrected chi connectivity index (χ1v) is 7.00. The van der Waals surface area contributed by atoms with Crippen LogP contribution in [-0.4, -0.2) is 9.78 Å². The lowest BCUT2D eigenvalue weighted by Crippen LogP contribution is -2.11. The SMILES string of the molecule is CC(C)CCn1nc(CC(C)(C)C)c(Br)c1N. The van der Waals surface area contributed by atoms with E-state index in [1.807, 2.05) is 4.68 Å². The quantitative estimate of drug-likeness (QED) is 0.917. The van der Waals surface area contributed by atoms with Crippen LogP contribution in [0.25, 0.3) is 0 Å². The van der Waals surface area contributed by atoms with Gasteiger partial charge in [-0.1, -0.05) is 34.6 Å². The van der Waals surface area contributed by atoms with Crippen molar-refractivity contribution in [2.24, 2.45) is 11.3 Å². The summed E-state index contributed by atoms with van der Waals surface area (Å²) in [7, 11) is 0. The van der Waals surface area contributed by atoms with E-state index < -0.39 is 0 Å². The summed E-state index contributed by atoms with van der Waals surface area (Å²) in [4.78, 5) is 0. The number of aryl methyl sites for hydroxylation is 1. The molecule has 1 rings (SSSR count). The number of hydrogen-bond acceptors (Lipinski definition) is 2. The molecule has 0 radical (unpaired) electrons. The molecule has 3 nitrogen and oxygen atoms in total. The highest BCUT2D eigenvalue weighted by atomic mass is 79.9. The zero-order valence-corrected chi connectivity index (χ0v) is 13.1. The van der Waals surface area contributed by atoms with Gasteiger partial charge in [0, 0.05) is 6.54 Å². The zero-order valence-electron chi connectivity index (χ0n) is 11.5. The minimum atomic E-state index is 0.228. The second-order valence-electron chi connectivity index (χ2n) is 6.29. The molecule has 0 aliphatic heterocycles. The van der Waals surface area contributed by atoms with Crippen molar-refractivity contribution in [3.8, 4) is 0 Å². The molecule has 0 atom stereocenters. The second kappa shape index (κ2) is 5.42. The van der Waals surface area contributed by atoms with Crippen molar-refractivity contribution in [3.05, 3.63) is 10.2 Å². The Kier molecular flexibility index (Phi) is 4.64. The van der Waals surface area contributed by atoms with E-state index in [4.69, 9.17) is 5.73 Å². The summed E-state index contributed by atoms with van der Waals surface area (Å²) in [5, 5.41) is 4.61. The predicted octanol–water partition coefficient (Wildman–Crippen LogP) is 3.86. The Hall–Kier alpha value is -0.510. The maximum absolute atomic E-state index is 6.06. The van der Waals surface area contributed by atoms with Gasteiger partial charge in [-0.25, -0.2) is 4.68 Å². The molecule has 1 aromatic heterocycles. The van der Waals surface area contributed by atoms with Crippen LogP contribution in [0.15, 0.2) is 4.47 Å². The Bertz CT molecular complexity index is 375. The standard InChI is InChI=1S/C13H24BrN3/c1-9(2)6-7-17-12(15)11(14)10(16-17)8-13(3,4)5/h9H,6-8,15H2,1-5H3. The van der Waals surface area contributed by atoms with Crippen molar-refractivity contribution in [2.75, 3.05) is 5.73 Å². The highest BCUT2D eigenvalue weighted by molar-refractivity contribution is 9.10. The number of hydrogen-bond donors (Lipinski definition) is 1. The number of nitrogens with zero attached hydrogens (tertiary/aromatic N) is 2. The minimum absolute atomic E-state index is 0.228. The summed E-state index contributed by atoms with van der Waals surface area (Å²) in [6.45, 7) is 12.0. The van der Waals surface area contributed by atoms with E-state index in [1.54, 1.807) is 0 Å². The van der Waals surface area contributed by atoms with Crippen LogP contribution < -0.4 is 5.73 Å². The molecular weight excluding hydrogens is 278 g/mol. The van der Waals surface area contributed by atoms with E-state index in [0.29, 0.717) is 5.92 Å². The number of halogens is 1. The lowest BCUT2D eigenvalue weighted by atomic mass is 9.91. The molecule has 0 bridgehead atoms. The highest BCUT2D eigenvalue weighted by Gasteiger charge is 2.19. The van der Waals surface area contributed by atoms with Crippen molar-refractivity contribution >= 4 is 21.7 Å². The van der Waals surface area contributed by atoms with Gasteiger partial charge in [0.2, 0.25) is 0 Å². The van der Waals surface area contributed by atoms with Crippen molar-refractivity contribution in [2.45, 2.75) is 54.0 Å². The average molecular weight is 302 g/mol. The molecular formula is C13H24BrN3. The molecule has 0 aliphatic carbocycles. The average Bonchev–Trinajstić information content (AvgIpc) is 2.41. The number of aromatic nitrogens is 2. The molecule has 2 N–H and O–H groups in total. The van der Waals surface area contributed by atoms with E-state index in [-0.39, 0.29) is 5.41 Å². The first kappa shape index (κ1) is 14.6. The van der Waals surface area contributed by atoms with Crippen LogP contribution >= 0.6 is 15.9 Å². The van der Waals surface area contributed by atoms with E-state index in [0.717, 1.165) is 35.4 Å². The predicted molar refractivity (Wildman–Crippen MR) is 77.0 cm³/mol.